The zero-order valence-corrected chi connectivity index (χ0v) is 17.6. The number of Topliss-reactive ketones (excluding diaryl/α,β-unsaturated/α-hetero) is 1. The minimum absolute atomic E-state index is 0.0178. The van der Waals surface area contributed by atoms with Crippen LogP contribution in [0.5, 0.6) is 17.2 Å². The summed E-state index contributed by atoms with van der Waals surface area (Å²) in [5.41, 5.74) is 2.02. The molecule has 0 bridgehead atoms. The number of rotatable bonds is 6. The van der Waals surface area contributed by atoms with Gasteiger partial charge < -0.3 is 14.6 Å². The second kappa shape index (κ2) is 8.45. The predicted molar refractivity (Wildman–Crippen MR) is 113 cm³/mol. The van der Waals surface area contributed by atoms with Crippen LogP contribution in [0.3, 0.4) is 0 Å². The minimum atomic E-state index is -0.905. The molecule has 0 saturated heterocycles. The normalized spacial score (nSPS) is 15.2. The van der Waals surface area contributed by atoms with E-state index in [9.17, 15) is 14.7 Å². The number of halogens is 1. The number of benzene rings is 2. The molecular weight excluding hydrogens is 426 g/mol. The number of thiazole rings is 1. The highest BCUT2D eigenvalue weighted by Crippen LogP contribution is 2.41. The summed E-state index contributed by atoms with van der Waals surface area (Å²) in [7, 11) is 0. The fourth-order valence-corrected chi connectivity index (χ4v) is 4.26. The third kappa shape index (κ3) is 4.32. The second-order valence-corrected chi connectivity index (χ2v) is 8.31. The Morgan fingerprint density at radius 3 is 2.73 bits per heavy atom. The Morgan fingerprint density at radius 1 is 1.30 bits per heavy atom. The predicted octanol–water partition coefficient (Wildman–Crippen LogP) is 5.27. The van der Waals surface area contributed by atoms with E-state index in [1.165, 1.54) is 11.3 Å². The van der Waals surface area contributed by atoms with Crippen LogP contribution in [0.15, 0.2) is 41.8 Å². The number of carbonyl (C=O) groups is 2. The van der Waals surface area contributed by atoms with Crippen molar-refractivity contribution >= 4 is 34.7 Å². The topological polar surface area (TPSA) is 85.7 Å². The molecular formula is C22H18ClNO5S. The molecule has 154 valence electrons. The van der Waals surface area contributed by atoms with E-state index in [1.54, 1.807) is 36.4 Å². The Balaban J connectivity index is 1.49. The lowest BCUT2D eigenvalue weighted by Gasteiger charge is -2.24. The van der Waals surface area contributed by atoms with Crippen LogP contribution in [-0.2, 0) is 11.2 Å². The van der Waals surface area contributed by atoms with E-state index in [0.717, 1.165) is 10.7 Å². The molecule has 2 aromatic carbocycles. The van der Waals surface area contributed by atoms with E-state index in [2.05, 4.69) is 4.98 Å². The van der Waals surface area contributed by atoms with E-state index in [1.807, 2.05) is 12.3 Å². The van der Waals surface area contributed by atoms with E-state index in [4.69, 9.17) is 21.1 Å². The van der Waals surface area contributed by atoms with Crippen molar-refractivity contribution in [3.8, 4) is 17.2 Å². The molecule has 1 aromatic heterocycles. The van der Waals surface area contributed by atoms with Crippen molar-refractivity contribution < 1.29 is 24.2 Å². The van der Waals surface area contributed by atoms with Crippen LogP contribution in [0.25, 0.3) is 0 Å². The molecule has 8 heteroatoms. The number of carboxylic acid groups (broad SMARTS) is 1. The standard InChI is InChI=1S/C22H18ClNO5S/c1-12-11-30-21(24-12)9-18(25)13-2-4-14(5-3-13)29-20-10-19-16(8-17(20)23)15(22(26)27)6-7-28-19/h2-5,8,10-11,15H,6-7,9H2,1H3,(H,26,27). The number of aryl methyl sites for hydroxylation is 1. The van der Waals surface area contributed by atoms with Gasteiger partial charge in [0.25, 0.3) is 0 Å². The van der Waals surface area contributed by atoms with E-state index in [-0.39, 0.29) is 12.2 Å². The number of nitrogens with zero attached hydrogens (tertiary/aromatic N) is 1. The lowest BCUT2D eigenvalue weighted by Crippen LogP contribution is -2.20. The molecule has 2 heterocycles. The molecule has 4 rings (SSSR count). The molecule has 3 aromatic rings. The van der Waals surface area contributed by atoms with Gasteiger partial charge in [0.05, 0.1) is 24.0 Å². The molecule has 1 aliphatic heterocycles. The summed E-state index contributed by atoms with van der Waals surface area (Å²) in [6.45, 7) is 2.22. The lowest BCUT2D eigenvalue weighted by atomic mass is 9.93. The molecule has 1 atom stereocenters. The smallest absolute Gasteiger partial charge is 0.311 e. The Bertz CT molecular complexity index is 1110. The maximum absolute atomic E-state index is 12.4. The number of aliphatic carboxylic acids is 1. The fraction of sp³-hybridized carbons (Fsp3) is 0.227. The first-order valence-electron chi connectivity index (χ1n) is 9.32. The van der Waals surface area contributed by atoms with Gasteiger partial charge in [-0.1, -0.05) is 11.6 Å². The van der Waals surface area contributed by atoms with Gasteiger partial charge in [0.2, 0.25) is 0 Å². The van der Waals surface area contributed by atoms with Gasteiger partial charge in [-0.3, -0.25) is 9.59 Å². The van der Waals surface area contributed by atoms with Gasteiger partial charge in [0, 0.05) is 28.3 Å². The summed E-state index contributed by atoms with van der Waals surface area (Å²) < 4.78 is 11.4. The van der Waals surface area contributed by atoms with E-state index in [0.29, 0.717) is 46.4 Å². The minimum Gasteiger partial charge on any atom is -0.493 e. The number of hydrogen-bond donors (Lipinski definition) is 1. The number of ketones is 1. The highest BCUT2D eigenvalue weighted by Gasteiger charge is 2.29. The molecule has 1 unspecified atom stereocenters. The number of carbonyl (C=O) groups excluding carboxylic acids is 1. The van der Waals surface area contributed by atoms with Crippen molar-refractivity contribution in [2.24, 2.45) is 0 Å². The van der Waals surface area contributed by atoms with Gasteiger partial charge in [0.15, 0.2) is 5.78 Å². The summed E-state index contributed by atoms with van der Waals surface area (Å²) >= 11 is 7.79. The van der Waals surface area contributed by atoms with Crippen molar-refractivity contribution in [2.75, 3.05) is 6.61 Å². The Kier molecular flexibility index (Phi) is 5.74. The molecule has 1 aliphatic rings. The highest BCUT2D eigenvalue weighted by atomic mass is 35.5. The summed E-state index contributed by atoms with van der Waals surface area (Å²) in [6.07, 6.45) is 0.659. The first kappa shape index (κ1) is 20.4. The quantitative estimate of drug-likeness (QED) is 0.522. The van der Waals surface area contributed by atoms with Crippen LogP contribution in [0.4, 0.5) is 0 Å². The van der Waals surface area contributed by atoms with Crippen LogP contribution in [-0.4, -0.2) is 28.4 Å². The van der Waals surface area contributed by atoms with Crippen LogP contribution >= 0.6 is 22.9 Å². The molecule has 0 spiro atoms. The van der Waals surface area contributed by atoms with Crippen molar-refractivity contribution in [2.45, 2.75) is 25.7 Å². The summed E-state index contributed by atoms with van der Waals surface area (Å²) in [5, 5.41) is 12.4. The summed E-state index contributed by atoms with van der Waals surface area (Å²) in [4.78, 5) is 28.2. The zero-order valence-electron chi connectivity index (χ0n) is 16.1. The van der Waals surface area contributed by atoms with E-state index >= 15 is 0 Å². The summed E-state index contributed by atoms with van der Waals surface area (Å²) in [6, 6.07) is 9.96. The SMILES string of the molecule is Cc1csc(CC(=O)c2ccc(Oc3cc4c(cc3Cl)C(C(=O)O)CCO4)cc2)n1. The van der Waals surface area contributed by atoms with Crippen molar-refractivity contribution in [3.63, 3.8) is 0 Å². The first-order valence-corrected chi connectivity index (χ1v) is 10.6. The number of fused-ring (bicyclic) bond motifs is 1. The monoisotopic (exact) mass is 443 g/mol. The van der Waals surface area contributed by atoms with Crippen LogP contribution in [0.2, 0.25) is 5.02 Å². The molecule has 0 aliphatic carbocycles. The number of aromatic nitrogens is 1. The molecule has 0 radical (unpaired) electrons. The Morgan fingerprint density at radius 2 is 2.07 bits per heavy atom. The van der Waals surface area contributed by atoms with Crippen molar-refractivity contribution in [3.05, 3.63) is 68.6 Å². The van der Waals surface area contributed by atoms with Crippen LogP contribution in [0.1, 0.15) is 39.0 Å². The molecule has 0 saturated carbocycles. The number of carboxylic acids is 1. The molecule has 1 N–H and O–H groups in total. The third-order valence-electron chi connectivity index (χ3n) is 4.78. The van der Waals surface area contributed by atoms with Gasteiger partial charge in [-0.25, -0.2) is 4.98 Å². The molecule has 30 heavy (non-hydrogen) atoms. The largest absolute Gasteiger partial charge is 0.493 e. The first-order chi connectivity index (χ1) is 14.4. The number of ether oxygens (including phenoxy) is 2. The van der Waals surface area contributed by atoms with Gasteiger partial charge in [-0.2, -0.15) is 0 Å². The van der Waals surface area contributed by atoms with Gasteiger partial charge in [0.1, 0.15) is 22.3 Å². The lowest BCUT2D eigenvalue weighted by molar-refractivity contribution is -0.139. The third-order valence-corrected chi connectivity index (χ3v) is 6.05. The average molecular weight is 444 g/mol. The van der Waals surface area contributed by atoms with Gasteiger partial charge in [-0.05, 0) is 43.7 Å². The fourth-order valence-electron chi connectivity index (χ4n) is 3.28. The van der Waals surface area contributed by atoms with Gasteiger partial charge in [-0.15, -0.1) is 11.3 Å². The molecule has 6 nitrogen and oxygen atoms in total. The van der Waals surface area contributed by atoms with Gasteiger partial charge >= 0.3 is 5.97 Å². The second-order valence-electron chi connectivity index (χ2n) is 6.96. The molecule has 0 fully saturated rings. The zero-order chi connectivity index (χ0) is 21.3. The van der Waals surface area contributed by atoms with Crippen molar-refractivity contribution in [1.82, 2.24) is 4.98 Å². The van der Waals surface area contributed by atoms with Crippen molar-refractivity contribution in [1.29, 1.82) is 0 Å². The maximum Gasteiger partial charge on any atom is 0.311 e. The van der Waals surface area contributed by atoms with Crippen LogP contribution < -0.4 is 9.47 Å². The Labute approximate surface area is 182 Å². The average Bonchev–Trinajstić information content (AvgIpc) is 3.13. The maximum atomic E-state index is 12.4. The Hall–Kier alpha value is -2.90. The summed E-state index contributed by atoms with van der Waals surface area (Å²) in [5.74, 6) is -0.248. The molecule has 0 amide bonds. The van der Waals surface area contributed by atoms with E-state index < -0.39 is 11.9 Å². The highest BCUT2D eigenvalue weighted by molar-refractivity contribution is 7.09. The number of hydrogen-bond acceptors (Lipinski definition) is 6. The van der Waals surface area contributed by atoms with Crippen LogP contribution in [0, 0.1) is 6.92 Å².